The number of amides is 1. The smallest absolute Gasteiger partial charge is 0.245 e. The van der Waals surface area contributed by atoms with Gasteiger partial charge in [0.15, 0.2) is 0 Å². The largest absolute Gasteiger partial charge is 0.381 e. The Hall–Kier alpha value is -0.650. The summed E-state index contributed by atoms with van der Waals surface area (Å²) in [5, 5.41) is 2.74. The maximum absolute atomic E-state index is 11.1. The Labute approximate surface area is 97.7 Å². The molecule has 0 rings (SSSR count). The minimum absolute atomic E-state index is 0.0874. The van der Waals surface area contributed by atoms with Crippen LogP contribution in [0.2, 0.25) is 0 Å². The van der Waals surface area contributed by atoms with E-state index in [1.807, 2.05) is 0 Å². The maximum atomic E-state index is 11.1. The first-order valence-corrected chi connectivity index (χ1v) is 5.79. The van der Waals surface area contributed by atoms with Crippen molar-refractivity contribution in [3.63, 3.8) is 0 Å². The first kappa shape index (κ1) is 15.3. The number of nitrogens with one attached hydrogen (secondary N) is 1. The number of rotatable bonds is 10. The van der Waals surface area contributed by atoms with Gasteiger partial charge in [-0.15, -0.1) is 0 Å². The van der Waals surface area contributed by atoms with Crippen molar-refractivity contribution in [3.8, 4) is 0 Å². The molecule has 0 aromatic rings. The number of nitrogens with two attached hydrogens (primary N) is 1. The van der Waals surface area contributed by atoms with E-state index in [-0.39, 0.29) is 12.5 Å². The Bertz CT molecular complexity index is 175. The topological polar surface area (TPSA) is 73.6 Å². The Kier molecular flexibility index (Phi) is 10.4. The van der Waals surface area contributed by atoms with Gasteiger partial charge in [0, 0.05) is 26.3 Å². The summed E-state index contributed by atoms with van der Waals surface area (Å²) in [4.78, 5) is 11.1. The molecule has 0 aliphatic heterocycles. The van der Waals surface area contributed by atoms with Crippen LogP contribution in [0, 0.1) is 5.92 Å². The van der Waals surface area contributed by atoms with Crippen molar-refractivity contribution in [3.05, 3.63) is 0 Å². The molecular weight excluding hydrogens is 208 g/mol. The van der Waals surface area contributed by atoms with Crippen molar-refractivity contribution >= 4 is 5.91 Å². The van der Waals surface area contributed by atoms with Crippen LogP contribution >= 0.6 is 0 Å². The monoisotopic (exact) mass is 232 g/mol. The van der Waals surface area contributed by atoms with Gasteiger partial charge in [-0.2, -0.15) is 0 Å². The van der Waals surface area contributed by atoms with E-state index in [0.29, 0.717) is 32.2 Å². The van der Waals surface area contributed by atoms with E-state index in [2.05, 4.69) is 19.2 Å². The van der Waals surface area contributed by atoms with E-state index in [9.17, 15) is 4.79 Å². The highest BCUT2D eigenvalue weighted by Gasteiger charge is 1.99. The van der Waals surface area contributed by atoms with Gasteiger partial charge in [0.05, 0.1) is 6.61 Å². The molecule has 0 saturated heterocycles. The lowest BCUT2D eigenvalue weighted by Crippen LogP contribution is -2.29. The summed E-state index contributed by atoms with van der Waals surface area (Å²) in [6, 6.07) is 0. The van der Waals surface area contributed by atoms with Gasteiger partial charge < -0.3 is 20.5 Å². The fourth-order valence-corrected chi connectivity index (χ4v) is 1.02. The molecule has 0 fully saturated rings. The van der Waals surface area contributed by atoms with E-state index in [0.717, 1.165) is 13.0 Å². The highest BCUT2D eigenvalue weighted by molar-refractivity contribution is 5.77. The number of hydrogen-bond acceptors (Lipinski definition) is 4. The second kappa shape index (κ2) is 10.9. The lowest BCUT2D eigenvalue weighted by Gasteiger charge is -2.07. The van der Waals surface area contributed by atoms with Crippen LogP contribution in [-0.4, -0.2) is 45.4 Å². The van der Waals surface area contributed by atoms with Gasteiger partial charge in [0.1, 0.15) is 6.61 Å². The molecule has 0 aromatic heterocycles. The molecule has 0 aliphatic carbocycles. The van der Waals surface area contributed by atoms with E-state index in [1.165, 1.54) is 0 Å². The van der Waals surface area contributed by atoms with Crippen LogP contribution in [0.5, 0.6) is 0 Å². The van der Waals surface area contributed by atoms with Crippen LogP contribution in [0.3, 0.4) is 0 Å². The normalized spacial score (nSPS) is 10.8. The van der Waals surface area contributed by atoms with E-state index in [1.54, 1.807) is 0 Å². The average Bonchev–Trinajstić information content (AvgIpc) is 2.23. The Morgan fingerprint density at radius 3 is 2.69 bits per heavy atom. The molecule has 0 aliphatic rings. The van der Waals surface area contributed by atoms with Crippen molar-refractivity contribution in [2.24, 2.45) is 11.7 Å². The fraction of sp³-hybridized carbons (Fsp3) is 0.909. The molecule has 0 radical (unpaired) electrons. The summed E-state index contributed by atoms with van der Waals surface area (Å²) in [6.45, 7) is 7.25. The zero-order valence-corrected chi connectivity index (χ0v) is 10.3. The summed E-state index contributed by atoms with van der Waals surface area (Å²) >= 11 is 0. The molecule has 0 atom stereocenters. The third-order valence-electron chi connectivity index (χ3n) is 1.73. The van der Waals surface area contributed by atoms with Crippen LogP contribution in [0.25, 0.3) is 0 Å². The summed E-state index contributed by atoms with van der Waals surface area (Å²) in [7, 11) is 0. The van der Waals surface area contributed by atoms with Gasteiger partial charge in [0.2, 0.25) is 5.91 Å². The maximum Gasteiger partial charge on any atom is 0.245 e. The molecule has 0 heterocycles. The van der Waals surface area contributed by atoms with Crippen LogP contribution in [0.4, 0.5) is 0 Å². The molecule has 3 N–H and O–H groups in total. The number of hydrogen-bond donors (Lipinski definition) is 2. The lowest BCUT2D eigenvalue weighted by molar-refractivity contribution is -0.125. The van der Waals surface area contributed by atoms with E-state index < -0.39 is 0 Å². The van der Waals surface area contributed by atoms with Gasteiger partial charge >= 0.3 is 0 Å². The third-order valence-corrected chi connectivity index (χ3v) is 1.73. The highest BCUT2D eigenvalue weighted by atomic mass is 16.5. The summed E-state index contributed by atoms with van der Waals surface area (Å²) in [6.07, 6.45) is 0.829. The van der Waals surface area contributed by atoms with E-state index in [4.69, 9.17) is 15.2 Å². The first-order chi connectivity index (χ1) is 7.66. The molecule has 0 saturated carbocycles. The number of ether oxygens (including phenoxy) is 2. The molecule has 1 amide bonds. The van der Waals surface area contributed by atoms with Gasteiger partial charge in [0.25, 0.3) is 0 Å². The Balaban J connectivity index is 3.15. The van der Waals surface area contributed by atoms with Gasteiger partial charge in [-0.3, -0.25) is 4.79 Å². The zero-order valence-electron chi connectivity index (χ0n) is 10.3. The van der Waals surface area contributed by atoms with Crippen molar-refractivity contribution < 1.29 is 14.3 Å². The molecule has 0 bridgehead atoms. The quantitative estimate of drug-likeness (QED) is 0.525. The Morgan fingerprint density at radius 2 is 2.06 bits per heavy atom. The molecule has 16 heavy (non-hydrogen) atoms. The van der Waals surface area contributed by atoms with Gasteiger partial charge in [-0.1, -0.05) is 13.8 Å². The third kappa shape index (κ3) is 11.4. The second-order valence-electron chi connectivity index (χ2n) is 4.01. The molecule has 0 aromatic carbocycles. The molecule has 0 spiro atoms. The van der Waals surface area contributed by atoms with Gasteiger partial charge in [-0.05, 0) is 12.3 Å². The highest BCUT2D eigenvalue weighted by Crippen LogP contribution is 1.92. The second-order valence-corrected chi connectivity index (χ2v) is 4.01. The molecule has 96 valence electrons. The summed E-state index contributed by atoms with van der Waals surface area (Å²) in [5.74, 6) is 0.455. The minimum atomic E-state index is -0.0997. The molecule has 0 unspecified atom stereocenters. The molecule has 5 nitrogen and oxygen atoms in total. The molecular formula is C11H24N2O3. The average molecular weight is 232 g/mol. The predicted molar refractivity (Wildman–Crippen MR) is 63.2 cm³/mol. The zero-order chi connectivity index (χ0) is 12.2. The standard InChI is InChI=1S/C11H24N2O3/c1-10(2)8-15-6-3-5-13-11(14)9-16-7-4-12/h10H,3-9,12H2,1-2H3,(H,13,14). The SMILES string of the molecule is CC(C)COCCCNC(=O)COCCN. The van der Waals surface area contributed by atoms with E-state index >= 15 is 0 Å². The predicted octanol–water partition coefficient (Wildman–Crippen LogP) is 0.141. The lowest BCUT2D eigenvalue weighted by atomic mass is 10.2. The number of carbonyl (C=O) groups is 1. The van der Waals surface area contributed by atoms with Crippen molar-refractivity contribution in [1.82, 2.24) is 5.32 Å². The van der Waals surface area contributed by atoms with Crippen LogP contribution < -0.4 is 11.1 Å². The van der Waals surface area contributed by atoms with Gasteiger partial charge in [-0.25, -0.2) is 0 Å². The summed E-state index contributed by atoms with van der Waals surface area (Å²) in [5.41, 5.74) is 5.22. The van der Waals surface area contributed by atoms with Crippen LogP contribution in [0.15, 0.2) is 0 Å². The van der Waals surface area contributed by atoms with Crippen LogP contribution in [-0.2, 0) is 14.3 Å². The first-order valence-electron chi connectivity index (χ1n) is 5.79. The van der Waals surface area contributed by atoms with Crippen molar-refractivity contribution in [2.45, 2.75) is 20.3 Å². The summed E-state index contributed by atoms with van der Waals surface area (Å²) < 4.78 is 10.4. The van der Waals surface area contributed by atoms with Crippen LogP contribution in [0.1, 0.15) is 20.3 Å². The molecule has 5 heteroatoms. The van der Waals surface area contributed by atoms with Crippen molar-refractivity contribution in [2.75, 3.05) is 39.5 Å². The Morgan fingerprint density at radius 1 is 1.31 bits per heavy atom. The fourth-order valence-electron chi connectivity index (χ4n) is 1.02. The minimum Gasteiger partial charge on any atom is -0.381 e. The van der Waals surface area contributed by atoms with Crippen molar-refractivity contribution in [1.29, 1.82) is 0 Å². The number of carbonyl (C=O) groups excluding carboxylic acids is 1.